The van der Waals surface area contributed by atoms with E-state index in [1.54, 1.807) is 18.2 Å². The first-order valence-corrected chi connectivity index (χ1v) is 6.08. The van der Waals surface area contributed by atoms with E-state index < -0.39 is 17.5 Å². The number of hydrogen-bond acceptors (Lipinski definition) is 3. The number of rotatable bonds is 4. The van der Waals surface area contributed by atoms with E-state index in [2.05, 4.69) is 10.6 Å². The number of para-hydroxylation sites is 1. The second-order valence-electron chi connectivity index (χ2n) is 4.19. The molecule has 0 aliphatic carbocycles. The van der Waals surface area contributed by atoms with Gasteiger partial charge in [-0.05, 0) is 30.3 Å². The molecule has 0 aromatic heterocycles. The van der Waals surface area contributed by atoms with Crippen molar-refractivity contribution in [2.45, 2.75) is 0 Å². The smallest absolute Gasteiger partial charge is 0.243 e. The van der Waals surface area contributed by atoms with Gasteiger partial charge in [0.25, 0.3) is 0 Å². The molecule has 2 aromatic carbocycles. The number of nitrogens with one attached hydrogen (secondary N) is 2. The van der Waals surface area contributed by atoms with Gasteiger partial charge < -0.3 is 10.6 Å². The molecule has 2 aromatic rings. The zero-order chi connectivity index (χ0) is 15.2. The monoisotopic (exact) mass is 287 g/mol. The highest BCUT2D eigenvalue weighted by Gasteiger charge is 2.09. The number of benzene rings is 2. The van der Waals surface area contributed by atoms with Crippen LogP contribution in [0.15, 0.2) is 42.5 Å². The van der Waals surface area contributed by atoms with E-state index in [1.807, 2.05) is 6.07 Å². The van der Waals surface area contributed by atoms with E-state index in [0.29, 0.717) is 11.3 Å². The summed E-state index contributed by atoms with van der Waals surface area (Å²) >= 11 is 0. The van der Waals surface area contributed by atoms with Crippen molar-refractivity contribution in [1.82, 2.24) is 0 Å². The summed E-state index contributed by atoms with van der Waals surface area (Å²) in [5.41, 5.74) is 0.495. The minimum atomic E-state index is -0.769. The molecule has 0 atom stereocenters. The molecule has 2 N–H and O–H groups in total. The zero-order valence-corrected chi connectivity index (χ0v) is 10.9. The molecule has 21 heavy (non-hydrogen) atoms. The summed E-state index contributed by atoms with van der Waals surface area (Å²) in [6.07, 6.45) is 0. The van der Waals surface area contributed by atoms with Crippen LogP contribution in [0.25, 0.3) is 0 Å². The lowest BCUT2D eigenvalue weighted by atomic mass is 10.2. The normalized spacial score (nSPS) is 9.76. The fourth-order valence-electron chi connectivity index (χ4n) is 1.71. The molecule has 2 rings (SSSR count). The first-order chi connectivity index (χ1) is 10.1. The Hall–Kier alpha value is -2.94. The molecule has 6 heteroatoms. The van der Waals surface area contributed by atoms with Gasteiger partial charge in [0.1, 0.15) is 17.3 Å². The molecule has 106 valence electrons. The molecule has 0 heterocycles. The van der Waals surface area contributed by atoms with Gasteiger partial charge >= 0.3 is 0 Å². The Morgan fingerprint density at radius 1 is 1.14 bits per heavy atom. The SMILES string of the molecule is N#Cc1cccc(NC(=O)CNc2c(F)cccc2F)c1. The summed E-state index contributed by atoms with van der Waals surface area (Å²) in [4.78, 5) is 11.7. The highest BCUT2D eigenvalue weighted by Crippen LogP contribution is 2.17. The topological polar surface area (TPSA) is 64.9 Å². The Morgan fingerprint density at radius 3 is 2.48 bits per heavy atom. The van der Waals surface area contributed by atoms with Crippen LogP contribution in [0.1, 0.15) is 5.56 Å². The first-order valence-electron chi connectivity index (χ1n) is 6.08. The summed E-state index contributed by atoms with van der Waals surface area (Å²) in [6, 6.07) is 11.7. The third-order valence-corrected chi connectivity index (χ3v) is 2.66. The van der Waals surface area contributed by atoms with Gasteiger partial charge in [0.15, 0.2) is 0 Å². The molecule has 0 saturated carbocycles. The molecule has 0 fully saturated rings. The van der Waals surface area contributed by atoms with Crippen LogP contribution in [0.2, 0.25) is 0 Å². The Bertz CT molecular complexity index is 690. The molecule has 0 radical (unpaired) electrons. The highest BCUT2D eigenvalue weighted by atomic mass is 19.1. The molecule has 0 unspecified atom stereocenters. The van der Waals surface area contributed by atoms with E-state index in [1.165, 1.54) is 12.1 Å². The van der Waals surface area contributed by atoms with Crippen molar-refractivity contribution in [1.29, 1.82) is 5.26 Å². The lowest BCUT2D eigenvalue weighted by molar-refractivity contribution is -0.114. The van der Waals surface area contributed by atoms with E-state index in [-0.39, 0.29) is 12.2 Å². The van der Waals surface area contributed by atoms with Gasteiger partial charge in [-0.1, -0.05) is 12.1 Å². The largest absolute Gasteiger partial charge is 0.371 e. The molecular weight excluding hydrogens is 276 g/mol. The third kappa shape index (κ3) is 3.76. The number of anilines is 2. The molecule has 0 spiro atoms. The fourth-order valence-corrected chi connectivity index (χ4v) is 1.71. The zero-order valence-electron chi connectivity index (χ0n) is 10.9. The molecule has 0 bridgehead atoms. The lowest BCUT2D eigenvalue weighted by Gasteiger charge is -2.09. The summed E-state index contributed by atoms with van der Waals surface area (Å²) in [5.74, 6) is -2.02. The maximum Gasteiger partial charge on any atom is 0.243 e. The van der Waals surface area contributed by atoms with Gasteiger partial charge in [0.2, 0.25) is 5.91 Å². The van der Waals surface area contributed by atoms with Crippen molar-refractivity contribution in [3.05, 3.63) is 59.7 Å². The standard InChI is InChI=1S/C15H11F2N3O/c16-12-5-2-6-13(17)15(12)19-9-14(21)20-11-4-1-3-10(7-11)8-18/h1-7,19H,9H2,(H,20,21). The van der Waals surface area contributed by atoms with Crippen LogP contribution in [0.3, 0.4) is 0 Å². The van der Waals surface area contributed by atoms with Crippen LogP contribution in [0.4, 0.5) is 20.2 Å². The van der Waals surface area contributed by atoms with Crippen LogP contribution < -0.4 is 10.6 Å². The van der Waals surface area contributed by atoms with Crippen molar-refractivity contribution >= 4 is 17.3 Å². The second-order valence-corrected chi connectivity index (χ2v) is 4.19. The van der Waals surface area contributed by atoms with Crippen LogP contribution in [-0.4, -0.2) is 12.5 Å². The number of carbonyl (C=O) groups is 1. The van der Waals surface area contributed by atoms with Crippen LogP contribution in [-0.2, 0) is 4.79 Å². The fraction of sp³-hybridized carbons (Fsp3) is 0.0667. The minimum Gasteiger partial charge on any atom is -0.371 e. The van der Waals surface area contributed by atoms with Crippen molar-refractivity contribution in [3.63, 3.8) is 0 Å². The van der Waals surface area contributed by atoms with Crippen LogP contribution in [0.5, 0.6) is 0 Å². The molecule has 0 saturated heterocycles. The molecule has 0 aliphatic rings. The summed E-state index contributed by atoms with van der Waals surface area (Å²) in [5, 5.41) is 13.7. The van der Waals surface area contributed by atoms with Gasteiger partial charge in [-0.2, -0.15) is 5.26 Å². The number of nitrogens with zero attached hydrogens (tertiary/aromatic N) is 1. The maximum absolute atomic E-state index is 13.4. The van der Waals surface area contributed by atoms with Gasteiger partial charge in [-0.25, -0.2) is 8.78 Å². The Morgan fingerprint density at radius 2 is 1.81 bits per heavy atom. The van der Waals surface area contributed by atoms with E-state index in [4.69, 9.17) is 5.26 Å². The number of nitriles is 1. The van der Waals surface area contributed by atoms with Crippen molar-refractivity contribution < 1.29 is 13.6 Å². The van der Waals surface area contributed by atoms with Crippen molar-refractivity contribution in [2.75, 3.05) is 17.2 Å². The summed E-state index contributed by atoms with van der Waals surface area (Å²) in [7, 11) is 0. The average molecular weight is 287 g/mol. The summed E-state index contributed by atoms with van der Waals surface area (Å²) < 4.78 is 26.7. The van der Waals surface area contributed by atoms with E-state index in [0.717, 1.165) is 12.1 Å². The predicted octanol–water partition coefficient (Wildman–Crippen LogP) is 2.89. The second kappa shape index (κ2) is 6.48. The third-order valence-electron chi connectivity index (χ3n) is 2.66. The minimum absolute atomic E-state index is 0.297. The molecule has 0 aliphatic heterocycles. The molecule has 1 amide bonds. The van der Waals surface area contributed by atoms with E-state index >= 15 is 0 Å². The Balaban J connectivity index is 1.98. The van der Waals surface area contributed by atoms with Gasteiger partial charge in [0.05, 0.1) is 18.2 Å². The first kappa shape index (κ1) is 14.5. The van der Waals surface area contributed by atoms with Crippen molar-refractivity contribution in [3.8, 4) is 6.07 Å². The quantitative estimate of drug-likeness (QED) is 0.908. The Kier molecular flexibility index (Phi) is 4.46. The molecule has 4 nitrogen and oxygen atoms in total. The van der Waals surface area contributed by atoms with Crippen molar-refractivity contribution in [2.24, 2.45) is 0 Å². The summed E-state index contributed by atoms with van der Waals surface area (Å²) in [6.45, 7) is -0.297. The van der Waals surface area contributed by atoms with Crippen LogP contribution in [0, 0.1) is 23.0 Å². The molecular formula is C15H11F2N3O. The maximum atomic E-state index is 13.4. The number of amides is 1. The van der Waals surface area contributed by atoms with E-state index in [9.17, 15) is 13.6 Å². The number of carbonyl (C=O) groups excluding carboxylic acids is 1. The average Bonchev–Trinajstić information content (AvgIpc) is 2.47. The van der Waals surface area contributed by atoms with Crippen LogP contribution >= 0.6 is 0 Å². The number of hydrogen-bond donors (Lipinski definition) is 2. The van der Waals surface area contributed by atoms with Gasteiger partial charge in [-0.3, -0.25) is 4.79 Å². The number of halogens is 2. The lowest BCUT2D eigenvalue weighted by Crippen LogP contribution is -2.22. The predicted molar refractivity (Wildman–Crippen MR) is 74.6 cm³/mol. The Labute approximate surface area is 120 Å². The van der Waals surface area contributed by atoms with Gasteiger partial charge in [0, 0.05) is 5.69 Å². The highest BCUT2D eigenvalue weighted by molar-refractivity contribution is 5.93. The van der Waals surface area contributed by atoms with Gasteiger partial charge in [-0.15, -0.1) is 0 Å².